The third-order valence-electron chi connectivity index (χ3n) is 10.4. The first-order valence-corrected chi connectivity index (χ1v) is 20.9. The van der Waals surface area contributed by atoms with E-state index in [1.807, 2.05) is 0 Å². The van der Waals surface area contributed by atoms with Crippen LogP contribution < -0.4 is 9.47 Å². The summed E-state index contributed by atoms with van der Waals surface area (Å²) < 4.78 is 12.1. The molecule has 0 aliphatic rings. The number of benzene rings is 3. The number of nitrogens with zero attached hydrogens (tertiary/aromatic N) is 2. The van der Waals surface area contributed by atoms with Gasteiger partial charge in [-0.1, -0.05) is 154 Å². The van der Waals surface area contributed by atoms with E-state index in [9.17, 15) is 0 Å². The average molecular weight is 701 g/mol. The van der Waals surface area contributed by atoms with Gasteiger partial charge < -0.3 is 9.47 Å². The largest absolute Gasteiger partial charge is 0.494 e. The van der Waals surface area contributed by atoms with Gasteiger partial charge in [0, 0.05) is 21.9 Å². The topological polar surface area (TPSA) is 44.2 Å². The van der Waals surface area contributed by atoms with Crippen molar-refractivity contribution in [2.24, 2.45) is 0 Å². The number of fused-ring (bicyclic) bond motifs is 3. The summed E-state index contributed by atoms with van der Waals surface area (Å²) in [4.78, 5) is 10.3. The van der Waals surface area contributed by atoms with Crippen molar-refractivity contribution in [1.82, 2.24) is 9.97 Å². The molecule has 0 N–H and O–H groups in total. The summed E-state index contributed by atoms with van der Waals surface area (Å²) in [7, 11) is 0. The van der Waals surface area contributed by atoms with E-state index in [2.05, 4.69) is 98.8 Å². The van der Waals surface area contributed by atoms with Crippen LogP contribution in [0.15, 0.2) is 84.9 Å². The van der Waals surface area contributed by atoms with Gasteiger partial charge in [-0.3, -0.25) is 0 Å². The van der Waals surface area contributed by atoms with Crippen LogP contribution in [0, 0.1) is 0 Å². The highest BCUT2D eigenvalue weighted by Gasteiger charge is 2.10. The molecule has 0 bridgehead atoms. The average Bonchev–Trinajstić information content (AvgIpc) is 3.19. The number of aromatic nitrogens is 2. The maximum absolute atomic E-state index is 6.07. The Hall–Kier alpha value is -3.92. The van der Waals surface area contributed by atoms with Crippen molar-refractivity contribution in [2.45, 2.75) is 142 Å². The summed E-state index contributed by atoms with van der Waals surface area (Å²) in [6.07, 6.45) is 26.7. The Kier molecular flexibility index (Phi) is 17.3. The number of unbranched alkanes of at least 4 members (excludes halogenated alkanes) is 18. The predicted octanol–water partition coefficient (Wildman–Crippen LogP) is 14.7. The molecule has 0 spiro atoms. The lowest BCUT2D eigenvalue weighted by Crippen LogP contribution is -1.97. The first-order chi connectivity index (χ1) is 25.7. The smallest absolute Gasteiger partial charge is 0.119 e. The Balaban J connectivity index is 1.10. The molecular formula is C48H64N2O2. The number of hydrogen-bond acceptors (Lipinski definition) is 4. The van der Waals surface area contributed by atoms with Crippen LogP contribution in [0.3, 0.4) is 0 Å². The van der Waals surface area contributed by atoms with Gasteiger partial charge in [-0.25, -0.2) is 9.97 Å². The summed E-state index contributed by atoms with van der Waals surface area (Å²) >= 11 is 0. The van der Waals surface area contributed by atoms with Crippen molar-refractivity contribution >= 4 is 21.8 Å². The molecule has 3 aromatic carbocycles. The maximum atomic E-state index is 6.07. The highest BCUT2D eigenvalue weighted by atomic mass is 16.5. The number of rotatable bonds is 26. The van der Waals surface area contributed by atoms with Crippen LogP contribution in [0.2, 0.25) is 0 Å². The van der Waals surface area contributed by atoms with Gasteiger partial charge in [-0.15, -0.1) is 0 Å². The summed E-state index contributed by atoms with van der Waals surface area (Å²) in [5.41, 5.74) is 5.89. The molecule has 5 rings (SSSR count). The molecule has 0 saturated carbocycles. The van der Waals surface area contributed by atoms with Gasteiger partial charge in [-0.2, -0.15) is 0 Å². The summed E-state index contributed by atoms with van der Waals surface area (Å²) in [5.74, 6) is 1.85. The van der Waals surface area contributed by atoms with Crippen LogP contribution in [0.1, 0.15) is 142 Å². The second-order valence-electron chi connectivity index (χ2n) is 14.7. The molecule has 278 valence electrons. The Bertz CT molecular complexity index is 1590. The number of hydrogen-bond donors (Lipinski definition) is 0. The minimum Gasteiger partial charge on any atom is -0.494 e. The van der Waals surface area contributed by atoms with Crippen LogP contribution >= 0.6 is 0 Å². The quantitative estimate of drug-likeness (QED) is 0.0425. The first-order valence-electron chi connectivity index (χ1n) is 20.9. The van der Waals surface area contributed by atoms with Crippen molar-refractivity contribution in [2.75, 3.05) is 13.2 Å². The van der Waals surface area contributed by atoms with Gasteiger partial charge in [0.05, 0.1) is 35.6 Å². The van der Waals surface area contributed by atoms with E-state index in [-0.39, 0.29) is 0 Å². The highest BCUT2D eigenvalue weighted by Crippen LogP contribution is 2.30. The van der Waals surface area contributed by atoms with E-state index in [4.69, 9.17) is 19.4 Å². The minimum absolute atomic E-state index is 0.777. The molecule has 0 unspecified atom stereocenters. The van der Waals surface area contributed by atoms with Crippen LogP contribution in [0.4, 0.5) is 0 Å². The monoisotopic (exact) mass is 700 g/mol. The first kappa shape index (κ1) is 39.3. The second-order valence-corrected chi connectivity index (χ2v) is 14.7. The molecule has 0 radical (unpaired) electrons. The van der Waals surface area contributed by atoms with Gasteiger partial charge in [0.25, 0.3) is 0 Å². The molecule has 0 aliphatic heterocycles. The minimum atomic E-state index is 0.777. The van der Waals surface area contributed by atoms with Gasteiger partial charge in [0.2, 0.25) is 0 Å². The van der Waals surface area contributed by atoms with Crippen molar-refractivity contribution in [3.05, 3.63) is 84.9 Å². The summed E-state index contributed by atoms with van der Waals surface area (Å²) in [5, 5.41) is 2.18. The van der Waals surface area contributed by atoms with E-state index in [0.29, 0.717) is 0 Å². The molecule has 0 amide bonds. The Labute approximate surface area is 314 Å². The Morgan fingerprint density at radius 2 is 0.654 bits per heavy atom. The lowest BCUT2D eigenvalue weighted by Gasteiger charge is -2.10. The van der Waals surface area contributed by atoms with Crippen molar-refractivity contribution < 1.29 is 9.47 Å². The fraction of sp³-hybridized carbons (Fsp3) is 0.500. The van der Waals surface area contributed by atoms with Crippen LogP contribution in [0.25, 0.3) is 44.3 Å². The number of ether oxygens (including phenoxy) is 2. The molecule has 0 saturated heterocycles. The van der Waals surface area contributed by atoms with Crippen LogP contribution in [-0.4, -0.2) is 23.2 Å². The maximum Gasteiger partial charge on any atom is 0.119 e. The van der Waals surface area contributed by atoms with Crippen LogP contribution in [-0.2, 0) is 0 Å². The third-order valence-corrected chi connectivity index (χ3v) is 10.4. The molecule has 0 atom stereocenters. The Morgan fingerprint density at radius 3 is 1.00 bits per heavy atom. The molecular weight excluding hydrogens is 637 g/mol. The standard InChI is InChI=1S/C48H64N2O2/c1-3-5-7-9-11-13-15-17-19-21-37-51-43-31-25-39(26-32-43)45-35-29-41-23-24-42-30-36-46(50-48(42)47(41)49-45)40-27-33-44(34-28-40)52-38-22-20-18-16-14-12-10-8-6-4-2/h23-36H,3-22,37-38H2,1-2H3. The molecule has 2 aromatic heterocycles. The normalized spacial score (nSPS) is 11.4. The predicted molar refractivity (Wildman–Crippen MR) is 223 cm³/mol. The Morgan fingerprint density at radius 1 is 0.346 bits per heavy atom. The molecule has 4 heteroatoms. The fourth-order valence-electron chi connectivity index (χ4n) is 7.09. The summed E-state index contributed by atoms with van der Waals surface area (Å²) in [6, 6.07) is 29.5. The zero-order valence-electron chi connectivity index (χ0n) is 32.4. The molecule has 0 fully saturated rings. The zero-order valence-corrected chi connectivity index (χ0v) is 32.4. The van der Waals surface area contributed by atoms with Crippen molar-refractivity contribution in [3.63, 3.8) is 0 Å². The molecule has 2 heterocycles. The van der Waals surface area contributed by atoms with E-state index >= 15 is 0 Å². The lowest BCUT2D eigenvalue weighted by atomic mass is 10.1. The van der Waals surface area contributed by atoms with Crippen molar-refractivity contribution in [3.8, 4) is 34.0 Å². The van der Waals surface area contributed by atoms with E-state index in [0.717, 1.165) is 81.9 Å². The SMILES string of the molecule is CCCCCCCCCCCCOc1ccc(-c2ccc3ccc4ccc(-c5ccc(OCCCCCCCCCCCC)cc5)nc4c3n2)cc1. The number of pyridine rings is 2. The van der Waals surface area contributed by atoms with E-state index in [1.165, 1.54) is 116 Å². The lowest BCUT2D eigenvalue weighted by molar-refractivity contribution is 0.304. The fourth-order valence-corrected chi connectivity index (χ4v) is 7.09. The van der Waals surface area contributed by atoms with Gasteiger partial charge in [-0.05, 0) is 73.5 Å². The van der Waals surface area contributed by atoms with Crippen LogP contribution in [0.5, 0.6) is 11.5 Å². The van der Waals surface area contributed by atoms with Gasteiger partial charge >= 0.3 is 0 Å². The highest BCUT2D eigenvalue weighted by molar-refractivity contribution is 6.04. The van der Waals surface area contributed by atoms with Gasteiger partial charge in [0.15, 0.2) is 0 Å². The third kappa shape index (κ3) is 12.9. The van der Waals surface area contributed by atoms with E-state index in [1.54, 1.807) is 0 Å². The summed E-state index contributed by atoms with van der Waals surface area (Å²) in [6.45, 7) is 6.11. The molecule has 5 aromatic rings. The van der Waals surface area contributed by atoms with Gasteiger partial charge in [0.1, 0.15) is 11.5 Å². The molecule has 0 aliphatic carbocycles. The van der Waals surface area contributed by atoms with E-state index < -0.39 is 0 Å². The zero-order chi connectivity index (χ0) is 36.1. The second kappa shape index (κ2) is 22.9. The van der Waals surface area contributed by atoms with Crippen molar-refractivity contribution in [1.29, 1.82) is 0 Å². The molecule has 4 nitrogen and oxygen atoms in total. The molecule has 52 heavy (non-hydrogen) atoms.